The van der Waals surface area contributed by atoms with Crippen LogP contribution in [0.5, 0.6) is 0 Å². The number of carboxylic acids is 3. The average Bonchev–Trinajstić information content (AvgIpc) is 3.44. The fraction of sp³-hybridized carbons (Fsp3) is 0.542. The summed E-state index contributed by atoms with van der Waals surface area (Å²) in [7, 11) is 0. The van der Waals surface area contributed by atoms with Gasteiger partial charge in [0.15, 0.2) is 0 Å². The molecule has 0 aliphatic carbocycles. The van der Waals surface area contributed by atoms with Crippen LogP contribution in [0.25, 0.3) is 0 Å². The predicted octanol–water partition coefficient (Wildman–Crippen LogP) is 1.10. The maximum absolute atomic E-state index is 11.4. The molecule has 11 nitrogen and oxygen atoms in total. The number of rotatable bonds is 8. The van der Waals surface area contributed by atoms with Crippen LogP contribution in [-0.2, 0) is 30.4 Å². The van der Waals surface area contributed by atoms with Crippen LogP contribution in [-0.4, -0.2) is 74.6 Å². The van der Waals surface area contributed by atoms with Gasteiger partial charge in [-0.25, -0.2) is 4.79 Å². The Kier molecular flexibility index (Phi) is 12.6. The highest BCUT2D eigenvalue weighted by atomic mass is 16.4. The quantitative estimate of drug-likeness (QED) is 0.328. The number of nitrogens with two attached hydrogens (primary N) is 1. The first-order valence-corrected chi connectivity index (χ1v) is 11.5. The number of aliphatic carboxylic acids is 3. The molecular formula is C24H35N3O8. The minimum atomic E-state index is -1.10. The molecule has 2 heterocycles. The minimum absolute atomic E-state index is 0.132. The second kappa shape index (κ2) is 14.8. The van der Waals surface area contributed by atoms with Crippen LogP contribution >= 0.6 is 0 Å². The van der Waals surface area contributed by atoms with Crippen molar-refractivity contribution in [2.45, 2.75) is 70.5 Å². The van der Waals surface area contributed by atoms with Crippen molar-refractivity contribution in [2.24, 2.45) is 11.7 Å². The standard InChI is InChI=1S/C10H15NO4.C9H11NO2.C5H9NO2/c1-6(2)5-7(10(14)15)11-8(12)3-4-9(11)13;10-8(9(11)12)6-7-4-2-1-3-5-7;7-5(8)4-2-1-3-6-4/h6-7H,3-5H2,1-2H3,(H,14,15);1-5,8H,6,10H2,(H,11,12);4,6H,1-3H2,(H,7,8)/t7-;8-;4-/m000/s1. The van der Waals surface area contributed by atoms with E-state index in [1.54, 1.807) is 0 Å². The molecule has 3 rings (SSSR count). The number of carbonyl (C=O) groups excluding carboxylic acids is 2. The molecule has 2 aliphatic rings. The van der Waals surface area contributed by atoms with Crippen molar-refractivity contribution < 1.29 is 39.3 Å². The van der Waals surface area contributed by atoms with E-state index < -0.39 is 30.0 Å². The number of carboxylic acid groups (broad SMARTS) is 3. The number of likely N-dealkylation sites (tertiary alicyclic amines) is 1. The summed E-state index contributed by atoms with van der Waals surface area (Å²) in [6.07, 6.45) is 2.76. The Morgan fingerprint density at radius 1 is 1.03 bits per heavy atom. The van der Waals surface area contributed by atoms with Gasteiger partial charge < -0.3 is 26.4 Å². The topological polar surface area (TPSA) is 187 Å². The molecule has 0 radical (unpaired) electrons. The van der Waals surface area contributed by atoms with Crippen LogP contribution in [0.2, 0.25) is 0 Å². The number of amides is 2. The number of nitrogens with one attached hydrogen (secondary N) is 1. The van der Waals surface area contributed by atoms with Crippen molar-refractivity contribution in [1.82, 2.24) is 10.2 Å². The predicted molar refractivity (Wildman–Crippen MR) is 126 cm³/mol. The monoisotopic (exact) mass is 493 g/mol. The SMILES string of the molecule is CC(C)C[C@@H](C(=O)O)N1C(=O)CCC1=O.N[C@@H](Cc1ccccc1)C(=O)O.O=C(O)[C@@H]1CCCN1. The van der Waals surface area contributed by atoms with Crippen LogP contribution in [0.4, 0.5) is 0 Å². The van der Waals surface area contributed by atoms with Crippen LogP contribution in [0.1, 0.15) is 51.5 Å². The van der Waals surface area contributed by atoms with Gasteiger partial charge in [-0.1, -0.05) is 44.2 Å². The van der Waals surface area contributed by atoms with Crippen molar-refractivity contribution in [3.8, 4) is 0 Å². The first kappa shape index (κ1) is 29.7. The summed E-state index contributed by atoms with van der Waals surface area (Å²) in [5.74, 6) is -3.39. The van der Waals surface area contributed by atoms with Crippen LogP contribution < -0.4 is 11.1 Å². The molecule has 1 aromatic carbocycles. The van der Waals surface area contributed by atoms with E-state index in [4.69, 9.17) is 21.1 Å². The maximum atomic E-state index is 11.4. The number of imide groups is 1. The second-order valence-electron chi connectivity index (χ2n) is 8.76. The normalized spacial score (nSPS) is 18.7. The van der Waals surface area contributed by atoms with E-state index >= 15 is 0 Å². The lowest BCUT2D eigenvalue weighted by Gasteiger charge is -2.23. The molecule has 0 unspecified atom stereocenters. The highest BCUT2D eigenvalue weighted by Gasteiger charge is 2.38. The van der Waals surface area contributed by atoms with Crippen molar-refractivity contribution in [1.29, 1.82) is 0 Å². The lowest BCUT2D eigenvalue weighted by molar-refractivity contribution is -0.154. The van der Waals surface area contributed by atoms with Crippen LogP contribution in [0.3, 0.4) is 0 Å². The Hall–Kier alpha value is -3.31. The van der Waals surface area contributed by atoms with Gasteiger partial charge in [-0.2, -0.15) is 0 Å². The van der Waals surface area contributed by atoms with Crippen molar-refractivity contribution in [3.63, 3.8) is 0 Å². The molecule has 2 amide bonds. The lowest BCUT2D eigenvalue weighted by Crippen LogP contribution is -2.45. The summed E-state index contributed by atoms with van der Waals surface area (Å²) in [4.78, 5) is 55.1. The Bertz CT molecular complexity index is 853. The average molecular weight is 494 g/mol. The Morgan fingerprint density at radius 2 is 1.60 bits per heavy atom. The van der Waals surface area contributed by atoms with E-state index in [1.165, 1.54) is 0 Å². The van der Waals surface area contributed by atoms with Gasteiger partial charge in [0.25, 0.3) is 0 Å². The van der Waals surface area contributed by atoms with Crippen LogP contribution in [0.15, 0.2) is 30.3 Å². The highest BCUT2D eigenvalue weighted by Crippen LogP contribution is 2.20. The van der Waals surface area contributed by atoms with Crippen LogP contribution in [0, 0.1) is 5.92 Å². The summed E-state index contributed by atoms with van der Waals surface area (Å²) in [6, 6.07) is 7.28. The lowest BCUT2D eigenvalue weighted by atomic mass is 10.0. The zero-order valence-electron chi connectivity index (χ0n) is 20.1. The molecule has 11 heteroatoms. The number of hydrogen-bond acceptors (Lipinski definition) is 7. The van der Waals surface area contributed by atoms with E-state index in [1.807, 2.05) is 44.2 Å². The Labute approximate surface area is 204 Å². The molecule has 1 aromatic rings. The van der Waals surface area contributed by atoms with Gasteiger partial charge in [0.2, 0.25) is 11.8 Å². The van der Waals surface area contributed by atoms with Crippen molar-refractivity contribution >= 4 is 29.7 Å². The molecule has 3 atom stereocenters. The summed E-state index contributed by atoms with van der Waals surface area (Å²) in [6.45, 7) is 4.58. The fourth-order valence-corrected chi connectivity index (χ4v) is 3.56. The highest BCUT2D eigenvalue weighted by molar-refractivity contribution is 6.04. The van der Waals surface area contributed by atoms with Gasteiger partial charge in [-0.15, -0.1) is 0 Å². The molecule has 0 aromatic heterocycles. The molecule has 2 saturated heterocycles. The van der Waals surface area contributed by atoms with Crippen molar-refractivity contribution in [3.05, 3.63) is 35.9 Å². The first-order valence-electron chi connectivity index (χ1n) is 11.5. The summed E-state index contributed by atoms with van der Waals surface area (Å²) in [5.41, 5.74) is 6.30. The third-order valence-corrected chi connectivity index (χ3v) is 5.36. The van der Waals surface area contributed by atoms with Gasteiger partial charge in [-0.3, -0.25) is 24.1 Å². The molecule has 6 N–H and O–H groups in total. The Morgan fingerprint density at radius 3 is 1.97 bits per heavy atom. The van der Waals surface area contributed by atoms with Gasteiger partial charge in [0, 0.05) is 12.8 Å². The molecule has 0 spiro atoms. The molecule has 0 saturated carbocycles. The van der Waals surface area contributed by atoms with Gasteiger partial charge in [-0.05, 0) is 43.7 Å². The maximum Gasteiger partial charge on any atom is 0.326 e. The molecule has 35 heavy (non-hydrogen) atoms. The molecular weight excluding hydrogens is 458 g/mol. The second-order valence-corrected chi connectivity index (χ2v) is 8.76. The molecule has 2 aliphatic heterocycles. The third kappa shape index (κ3) is 10.7. The number of nitrogens with zero attached hydrogens (tertiary/aromatic N) is 1. The van der Waals surface area contributed by atoms with E-state index in [0.29, 0.717) is 12.8 Å². The van der Waals surface area contributed by atoms with E-state index in [0.717, 1.165) is 29.8 Å². The van der Waals surface area contributed by atoms with Gasteiger partial charge in [0.05, 0.1) is 0 Å². The fourth-order valence-electron chi connectivity index (χ4n) is 3.56. The number of carbonyl (C=O) groups is 5. The summed E-state index contributed by atoms with van der Waals surface area (Å²) in [5, 5.41) is 28.7. The molecule has 2 fully saturated rings. The van der Waals surface area contributed by atoms with Crippen molar-refractivity contribution in [2.75, 3.05) is 6.54 Å². The van der Waals surface area contributed by atoms with Gasteiger partial charge >= 0.3 is 17.9 Å². The minimum Gasteiger partial charge on any atom is -0.480 e. The van der Waals surface area contributed by atoms with E-state index in [2.05, 4.69) is 5.32 Å². The van der Waals surface area contributed by atoms with Gasteiger partial charge in [0.1, 0.15) is 18.1 Å². The number of hydrogen-bond donors (Lipinski definition) is 5. The largest absolute Gasteiger partial charge is 0.480 e. The van der Waals surface area contributed by atoms with E-state index in [9.17, 15) is 24.0 Å². The molecule has 0 bridgehead atoms. The zero-order chi connectivity index (χ0) is 26.5. The zero-order valence-corrected chi connectivity index (χ0v) is 20.1. The third-order valence-electron chi connectivity index (χ3n) is 5.36. The summed E-state index contributed by atoms with van der Waals surface area (Å²) >= 11 is 0. The molecule has 194 valence electrons. The van der Waals surface area contributed by atoms with E-state index in [-0.39, 0.29) is 36.6 Å². The number of benzene rings is 1. The summed E-state index contributed by atoms with van der Waals surface area (Å²) < 4.78 is 0. The Balaban J connectivity index is 0.000000274. The smallest absolute Gasteiger partial charge is 0.326 e. The first-order chi connectivity index (χ1) is 16.4.